The molecule has 0 unspecified atom stereocenters. The number of aliphatic hydroxyl groups excluding tert-OH is 1. The second-order valence-corrected chi connectivity index (χ2v) is 12.5. The van der Waals surface area contributed by atoms with Crippen molar-refractivity contribution in [2.24, 2.45) is 0 Å². The van der Waals surface area contributed by atoms with Crippen LogP contribution in [0.4, 0.5) is 10.2 Å². The van der Waals surface area contributed by atoms with E-state index in [9.17, 15) is 17.9 Å². The Morgan fingerprint density at radius 2 is 1.86 bits per heavy atom. The van der Waals surface area contributed by atoms with E-state index in [-0.39, 0.29) is 34.6 Å². The molecule has 4 atom stereocenters. The summed E-state index contributed by atoms with van der Waals surface area (Å²) >= 11 is 0. The van der Waals surface area contributed by atoms with Gasteiger partial charge in [-0.2, -0.15) is 9.97 Å². The predicted molar refractivity (Wildman–Crippen MR) is 130 cm³/mol. The van der Waals surface area contributed by atoms with Crippen LogP contribution >= 0.6 is 0 Å². The van der Waals surface area contributed by atoms with Gasteiger partial charge in [0.1, 0.15) is 18.0 Å². The monoisotopic (exact) mass is 532 g/mol. The number of sulfone groups is 1. The fourth-order valence-electron chi connectivity index (χ4n) is 5.39. The molecule has 198 valence electrons. The number of aliphatic hydroxyl groups is 1. The number of nitrogens with zero attached hydrogens (tertiary/aromatic N) is 5. The maximum absolute atomic E-state index is 13.5. The number of nitrogens with one attached hydrogen (secondary N) is 1. The number of anilines is 1. The van der Waals surface area contributed by atoms with Gasteiger partial charge in [-0.1, -0.05) is 24.3 Å². The number of fused-ring (bicyclic) bond motifs is 2. The molecule has 0 spiro atoms. The molecule has 0 radical (unpaired) electrons. The molecule has 0 amide bonds. The molecule has 0 bridgehead atoms. The van der Waals surface area contributed by atoms with Gasteiger partial charge < -0.3 is 19.9 Å². The van der Waals surface area contributed by atoms with E-state index in [1.807, 2.05) is 0 Å². The standard InChI is InChI=1S/C24H29FN6O5S/c1-4-11-37(33,34)22-26-20(28-24(9-10-24)13-5-7-14(25)8-6-13)17-21(27-22)31(30-29-17)15-12-16(32)19-18(15)35-23(2,3)36-19/h5-8,15-16,18-19,32H,4,9-12H2,1-3H3,(H,26,27,28)/t15-,16+,18+,19-/m1/s1. The highest BCUT2D eigenvalue weighted by atomic mass is 32.2. The molecule has 3 aliphatic rings. The Balaban J connectivity index is 1.45. The highest BCUT2D eigenvalue weighted by Crippen LogP contribution is 2.49. The van der Waals surface area contributed by atoms with Gasteiger partial charge >= 0.3 is 0 Å². The molecule has 2 N–H and O–H groups in total. The number of halogens is 1. The smallest absolute Gasteiger partial charge is 0.251 e. The first-order valence-electron chi connectivity index (χ1n) is 12.5. The van der Waals surface area contributed by atoms with Gasteiger partial charge in [-0.3, -0.25) is 0 Å². The molecule has 2 aromatic heterocycles. The van der Waals surface area contributed by atoms with Gasteiger partial charge in [0.2, 0.25) is 9.84 Å². The topological polar surface area (TPSA) is 141 Å². The van der Waals surface area contributed by atoms with Crippen LogP contribution in [0.3, 0.4) is 0 Å². The second kappa shape index (κ2) is 8.38. The van der Waals surface area contributed by atoms with Crippen LogP contribution in [0.15, 0.2) is 29.4 Å². The molecule has 13 heteroatoms. The van der Waals surface area contributed by atoms with Crippen molar-refractivity contribution in [2.45, 2.75) is 87.3 Å². The van der Waals surface area contributed by atoms with E-state index in [1.54, 1.807) is 32.9 Å². The lowest BCUT2D eigenvalue weighted by Gasteiger charge is -2.22. The minimum atomic E-state index is -3.78. The van der Waals surface area contributed by atoms with E-state index < -0.39 is 45.5 Å². The molecule has 3 fully saturated rings. The summed E-state index contributed by atoms with van der Waals surface area (Å²) in [7, 11) is -3.78. The number of aromatic nitrogens is 5. The number of rotatable bonds is 7. The molecular weight excluding hydrogens is 503 g/mol. The lowest BCUT2D eigenvalue weighted by Crippen LogP contribution is -2.29. The van der Waals surface area contributed by atoms with Crippen LogP contribution in [0.2, 0.25) is 0 Å². The summed E-state index contributed by atoms with van der Waals surface area (Å²) in [5, 5.41) is 22.3. The van der Waals surface area contributed by atoms with Crippen molar-refractivity contribution in [2.75, 3.05) is 11.1 Å². The van der Waals surface area contributed by atoms with E-state index >= 15 is 0 Å². The van der Waals surface area contributed by atoms with Crippen molar-refractivity contribution in [3.63, 3.8) is 0 Å². The number of benzene rings is 1. The van der Waals surface area contributed by atoms with E-state index in [0.29, 0.717) is 11.9 Å². The number of hydrogen-bond donors (Lipinski definition) is 2. The third-order valence-corrected chi connectivity index (χ3v) is 8.96. The Morgan fingerprint density at radius 3 is 2.54 bits per heavy atom. The highest BCUT2D eigenvalue weighted by molar-refractivity contribution is 7.91. The van der Waals surface area contributed by atoms with Gasteiger partial charge in [-0.15, -0.1) is 5.10 Å². The largest absolute Gasteiger partial charge is 0.390 e. The fourth-order valence-corrected chi connectivity index (χ4v) is 6.57. The predicted octanol–water partition coefficient (Wildman–Crippen LogP) is 2.47. The Morgan fingerprint density at radius 1 is 1.16 bits per heavy atom. The van der Waals surface area contributed by atoms with Crippen LogP contribution in [0.25, 0.3) is 11.2 Å². The zero-order chi connectivity index (χ0) is 26.2. The van der Waals surface area contributed by atoms with Gasteiger partial charge in [0, 0.05) is 6.42 Å². The van der Waals surface area contributed by atoms with Crippen LogP contribution in [0.5, 0.6) is 0 Å². The zero-order valence-electron chi connectivity index (χ0n) is 20.8. The summed E-state index contributed by atoms with van der Waals surface area (Å²) in [6, 6.07) is 5.74. The minimum absolute atomic E-state index is 0.111. The van der Waals surface area contributed by atoms with Crippen molar-refractivity contribution in [1.82, 2.24) is 25.0 Å². The van der Waals surface area contributed by atoms with Crippen molar-refractivity contribution in [3.8, 4) is 0 Å². The van der Waals surface area contributed by atoms with E-state index in [1.165, 1.54) is 16.8 Å². The lowest BCUT2D eigenvalue weighted by molar-refractivity contribution is -0.165. The first-order chi connectivity index (χ1) is 17.5. The van der Waals surface area contributed by atoms with Crippen molar-refractivity contribution in [1.29, 1.82) is 0 Å². The quantitative estimate of drug-likeness (QED) is 0.436. The van der Waals surface area contributed by atoms with Gasteiger partial charge in [0.15, 0.2) is 22.8 Å². The first-order valence-corrected chi connectivity index (χ1v) is 14.1. The average Bonchev–Trinajstić information content (AvgIpc) is 3.22. The third kappa shape index (κ3) is 4.17. The number of ether oxygens (including phenoxy) is 2. The van der Waals surface area contributed by atoms with Crippen LogP contribution in [0, 0.1) is 5.82 Å². The van der Waals surface area contributed by atoms with Crippen LogP contribution in [-0.2, 0) is 24.8 Å². The maximum atomic E-state index is 13.5. The molecule has 1 aromatic carbocycles. The number of hydrogen-bond acceptors (Lipinski definition) is 10. The molecule has 1 saturated heterocycles. The average molecular weight is 533 g/mol. The van der Waals surface area contributed by atoms with E-state index in [4.69, 9.17) is 9.47 Å². The van der Waals surface area contributed by atoms with Crippen LogP contribution in [0.1, 0.15) is 58.1 Å². The molecule has 6 rings (SSSR count). The molecule has 2 aliphatic carbocycles. The summed E-state index contributed by atoms with van der Waals surface area (Å²) in [4.78, 5) is 8.81. The summed E-state index contributed by atoms with van der Waals surface area (Å²) < 4.78 is 53.1. The van der Waals surface area contributed by atoms with Crippen LogP contribution in [-0.4, -0.2) is 68.3 Å². The van der Waals surface area contributed by atoms with Gasteiger partial charge in [0.05, 0.1) is 23.4 Å². The van der Waals surface area contributed by atoms with Gasteiger partial charge in [-0.05, 0) is 50.8 Å². The second-order valence-electron chi connectivity index (χ2n) is 10.5. The Bertz CT molecular complexity index is 1460. The summed E-state index contributed by atoms with van der Waals surface area (Å²) in [6.07, 6.45) is 0.366. The highest BCUT2D eigenvalue weighted by Gasteiger charge is 2.55. The van der Waals surface area contributed by atoms with Crippen LogP contribution < -0.4 is 5.32 Å². The van der Waals surface area contributed by atoms with Crippen molar-refractivity contribution < 1.29 is 27.4 Å². The fraction of sp³-hybridized carbons (Fsp3) is 0.583. The van der Waals surface area contributed by atoms with Crippen molar-refractivity contribution in [3.05, 3.63) is 35.6 Å². The normalized spacial score (nSPS) is 27.9. The third-order valence-electron chi connectivity index (χ3n) is 7.28. The molecule has 3 aromatic rings. The molecule has 3 heterocycles. The van der Waals surface area contributed by atoms with E-state index in [2.05, 4.69) is 25.6 Å². The molecular formula is C24H29FN6O5S. The van der Waals surface area contributed by atoms with Gasteiger partial charge in [0.25, 0.3) is 5.16 Å². The minimum Gasteiger partial charge on any atom is -0.390 e. The summed E-state index contributed by atoms with van der Waals surface area (Å²) in [5.41, 5.74) is 0.880. The van der Waals surface area contributed by atoms with Crippen molar-refractivity contribution >= 4 is 26.8 Å². The first kappa shape index (κ1) is 24.6. The maximum Gasteiger partial charge on any atom is 0.251 e. The molecule has 37 heavy (non-hydrogen) atoms. The molecule has 2 saturated carbocycles. The lowest BCUT2D eigenvalue weighted by atomic mass is 10.0. The van der Waals surface area contributed by atoms with Gasteiger partial charge in [-0.25, -0.2) is 17.5 Å². The summed E-state index contributed by atoms with van der Waals surface area (Å²) in [6.45, 7) is 5.32. The SMILES string of the molecule is CCCS(=O)(=O)c1nc(NC2(c3ccc(F)cc3)CC2)c2nnn([C@@H]3C[C@H](O)[C@H]4OC(C)(C)O[C@H]43)c2n1. The Labute approximate surface area is 213 Å². The Hall–Kier alpha value is -2.74. The molecule has 11 nitrogen and oxygen atoms in total. The molecule has 1 aliphatic heterocycles. The van der Waals surface area contributed by atoms with E-state index in [0.717, 1.165) is 18.4 Å². The zero-order valence-corrected chi connectivity index (χ0v) is 21.6. The summed E-state index contributed by atoms with van der Waals surface area (Å²) in [5.74, 6) is -1.08. The Kier molecular flexibility index (Phi) is 5.57.